The van der Waals surface area contributed by atoms with Crippen LogP contribution in [0.25, 0.3) is 27.5 Å². The van der Waals surface area contributed by atoms with E-state index >= 15 is 0 Å². The second-order valence-electron chi connectivity index (χ2n) is 7.38. The molecule has 4 rings (SSSR count). The van der Waals surface area contributed by atoms with Gasteiger partial charge in [-0.05, 0) is 35.1 Å². The smallest absolute Gasteiger partial charge is 0.159 e. The first-order valence-corrected chi connectivity index (χ1v) is 8.17. The largest absolute Gasteiger partial charge is 0.360 e. The molecule has 3 aromatic heterocycles. The molecular weight excluding hydrogens is 284 g/mol. The summed E-state index contributed by atoms with van der Waals surface area (Å²) in [5.74, 6) is 0. The fraction of sp³-hybridized carbons (Fsp3) is 0.368. The lowest BCUT2D eigenvalue weighted by Crippen LogP contribution is -2.42. The molecule has 2 N–H and O–H groups in total. The summed E-state index contributed by atoms with van der Waals surface area (Å²) in [6.07, 6.45) is 9.09. The van der Waals surface area contributed by atoms with Gasteiger partial charge in [0.1, 0.15) is 0 Å². The van der Waals surface area contributed by atoms with Crippen LogP contribution >= 0.6 is 0 Å². The Balaban J connectivity index is 1.89. The molecule has 118 valence electrons. The maximum absolute atomic E-state index is 4.44. The van der Waals surface area contributed by atoms with E-state index in [1.807, 2.05) is 18.6 Å². The summed E-state index contributed by atoms with van der Waals surface area (Å²) in [6.45, 7) is 7.82. The van der Waals surface area contributed by atoms with Gasteiger partial charge in [0.2, 0.25) is 0 Å². The molecular formula is C19H22N4. The van der Waals surface area contributed by atoms with Crippen LogP contribution in [0.2, 0.25) is 0 Å². The molecule has 23 heavy (non-hydrogen) atoms. The monoisotopic (exact) mass is 306 g/mol. The third-order valence-corrected chi connectivity index (χ3v) is 4.82. The zero-order chi connectivity index (χ0) is 16.0. The first-order chi connectivity index (χ1) is 11.0. The van der Waals surface area contributed by atoms with Crippen molar-refractivity contribution in [3.8, 4) is 0 Å². The van der Waals surface area contributed by atoms with E-state index in [0.29, 0.717) is 6.04 Å². The van der Waals surface area contributed by atoms with E-state index in [0.717, 1.165) is 29.5 Å². The van der Waals surface area contributed by atoms with Gasteiger partial charge in [0.25, 0.3) is 0 Å². The third-order valence-electron chi connectivity index (χ3n) is 4.82. The van der Waals surface area contributed by atoms with Gasteiger partial charge in [-0.15, -0.1) is 0 Å². The first-order valence-electron chi connectivity index (χ1n) is 8.17. The predicted molar refractivity (Wildman–Crippen MR) is 95.2 cm³/mol. The molecule has 0 aromatic carbocycles. The minimum atomic E-state index is 0.245. The number of aromatic amines is 1. The van der Waals surface area contributed by atoms with Gasteiger partial charge >= 0.3 is 0 Å². The molecule has 4 heterocycles. The second-order valence-corrected chi connectivity index (χ2v) is 7.38. The summed E-state index contributed by atoms with van der Waals surface area (Å²) in [6, 6.07) is 4.73. The van der Waals surface area contributed by atoms with Crippen LogP contribution < -0.4 is 5.32 Å². The van der Waals surface area contributed by atoms with Gasteiger partial charge in [-0.1, -0.05) is 26.8 Å². The number of aromatic nitrogens is 3. The highest BCUT2D eigenvalue weighted by atomic mass is 14.9. The van der Waals surface area contributed by atoms with Crippen molar-refractivity contribution in [3.63, 3.8) is 0 Å². The number of pyridine rings is 2. The standard InChI is InChI=1S/C19H22N4/c1-19(2,3)16-10-12(4-7-21-16)13-5-8-20-15-11-23-18-14(17(13)15)6-9-22-18/h4-6,8-9,11,16,20-21H,7,10H2,1-3H3. The normalized spacial score (nSPS) is 19.3. The van der Waals surface area contributed by atoms with Gasteiger partial charge in [-0.3, -0.25) is 0 Å². The number of nitrogens with zero attached hydrogens (tertiary/aromatic N) is 2. The van der Waals surface area contributed by atoms with E-state index in [2.05, 4.69) is 59.2 Å². The van der Waals surface area contributed by atoms with Gasteiger partial charge in [0, 0.05) is 35.8 Å². The lowest BCUT2D eigenvalue weighted by molar-refractivity contribution is 0.274. The highest BCUT2D eigenvalue weighted by molar-refractivity contribution is 6.08. The van der Waals surface area contributed by atoms with Crippen LogP contribution in [0.1, 0.15) is 32.8 Å². The molecule has 1 aliphatic heterocycles. The summed E-state index contributed by atoms with van der Waals surface area (Å²) in [5.41, 5.74) is 4.84. The van der Waals surface area contributed by atoms with E-state index in [4.69, 9.17) is 0 Å². The van der Waals surface area contributed by atoms with Gasteiger partial charge in [-0.25, -0.2) is 9.97 Å². The van der Waals surface area contributed by atoms with Crippen LogP contribution in [-0.4, -0.2) is 27.5 Å². The molecule has 4 nitrogen and oxygen atoms in total. The molecule has 0 amide bonds. The predicted octanol–water partition coefficient (Wildman–Crippen LogP) is 3.90. The van der Waals surface area contributed by atoms with Gasteiger partial charge in [-0.2, -0.15) is 0 Å². The SMILES string of the molecule is CC(C)(C)C1CC(c2cc[nH]c3cnc4nccc4c23)=CCN1. The van der Waals surface area contributed by atoms with Crippen LogP contribution in [0.15, 0.2) is 36.8 Å². The fourth-order valence-electron chi connectivity index (χ4n) is 3.46. The second kappa shape index (κ2) is 5.17. The Bertz CT molecular complexity index is 899. The molecule has 0 fully saturated rings. The van der Waals surface area contributed by atoms with Crippen molar-refractivity contribution in [2.75, 3.05) is 6.54 Å². The number of nitrogens with one attached hydrogen (secondary N) is 2. The molecule has 0 saturated carbocycles. The Morgan fingerprint density at radius 3 is 2.87 bits per heavy atom. The van der Waals surface area contributed by atoms with Crippen LogP contribution in [0.4, 0.5) is 0 Å². The third kappa shape index (κ3) is 2.43. The molecule has 1 aliphatic rings. The number of rotatable bonds is 1. The lowest BCUT2D eigenvalue weighted by atomic mass is 9.79. The van der Waals surface area contributed by atoms with E-state index < -0.39 is 0 Å². The Kier molecular flexibility index (Phi) is 3.23. The van der Waals surface area contributed by atoms with Crippen molar-refractivity contribution in [2.24, 2.45) is 5.41 Å². The molecule has 0 saturated heterocycles. The van der Waals surface area contributed by atoms with Crippen molar-refractivity contribution >= 4 is 27.5 Å². The van der Waals surface area contributed by atoms with Gasteiger partial charge < -0.3 is 10.3 Å². The van der Waals surface area contributed by atoms with E-state index in [9.17, 15) is 0 Å². The number of hydrogen-bond donors (Lipinski definition) is 2. The summed E-state index contributed by atoms with van der Waals surface area (Å²) in [7, 11) is 0. The Hall–Kier alpha value is -2.20. The molecule has 1 atom stereocenters. The summed E-state index contributed by atoms with van der Waals surface area (Å²) in [5, 5.41) is 5.99. The molecule has 0 spiro atoms. The van der Waals surface area contributed by atoms with Crippen LogP contribution in [0.5, 0.6) is 0 Å². The van der Waals surface area contributed by atoms with Crippen molar-refractivity contribution < 1.29 is 0 Å². The fourth-order valence-corrected chi connectivity index (χ4v) is 3.46. The van der Waals surface area contributed by atoms with Crippen molar-refractivity contribution in [2.45, 2.75) is 33.2 Å². The molecule has 1 unspecified atom stereocenters. The molecule has 4 heteroatoms. The maximum atomic E-state index is 4.44. The minimum absolute atomic E-state index is 0.245. The minimum Gasteiger partial charge on any atom is -0.360 e. The average molecular weight is 306 g/mol. The highest BCUT2D eigenvalue weighted by Crippen LogP contribution is 2.35. The van der Waals surface area contributed by atoms with Crippen molar-refractivity contribution in [3.05, 3.63) is 42.4 Å². The topological polar surface area (TPSA) is 53.6 Å². The van der Waals surface area contributed by atoms with Crippen LogP contribution in [-0.2, 0) is 0 Å². The van der Waals surface area contributed by atoms with Crippen LogP contribution in [0.3, 0.4) is 0 Å². The van der Waals surface area contributed by atoms with E-state index in [-0.39, 0.29) is 5.41 Å². The molecule has 0 aliphatic carbocycles. The quantitative estimate of drug-likeness (QED) is 0.717. The zero-order valence-corrected chi connectivity index (χ0v) is 13.9. The number of hydrogen-bond acceptors (Lipinski definition) is 3. The highest BCUT2D eigenvalue weighted by Gasteiger charge is 2.28. The van der Waals surface area contributed by atoms with Crippen molar-refractivity contribution in [1.82, 2.24) is 20.3 Å². The van der Waals surface area contributed by atoms with Gasteiger partial charge in [0.15, 0.2) is 5.65 Å². The summed E-state index contributed by atoms with van der Waals surface area (Å²) < 4.78 is 0. The number of fused-ring (bicyclic) bond motifs is 3. The van der Waals surface area contributed by atoms with E-state index in [1.54, 1.807) is 0 Å². The zero-order valence-electron chi connectivity index (χ0n) is 13.9. The average Bonchev–Trinajstić information content (AvgIpc) is 3.02. The molecule has 3 aromatic rings. The van der Waals surface area contributed by atoms with Crippen LogP contribution in [0, 0.1) is 5.41 Å². The Morgan fingerprint density at radius 1 is 1.17 bits per heavy atom. The van der Waals surface area contributed by atoms with Crippen molar-refractivity contribution in [1.29, 1.82) is 0 Å². The van der Waals surface area contributed by atoms with E-state index in [1.165, 1.54) is 16.5 Å². The molecule has 0 bridgehead atoms. The Labute approximate surface area is 136 Å². The number of H-pyrrole nitrogens is 1. The maximum Gasteiger partial charge on any atom is 0.159 e. The first kappa shape index (κ1) is 14.4. The molecule has 0 radical (unpaired) electrons. The van der Waals surface area contributed by atoms with Gasteiger partial charge in [0.05, 0.1) is 11.7 Å². The summed E-state index contributed by atoms with van der Waals surface area (Å²) >= 11 is 0. The Morgan fingerprint density at radius 2 is 2.04 bits per heavy atom. The lowest BCUT2D eigenvalue weighted by Gasteiger charge is -2.35. The summed E-state index contributed by atoms with van der Waals surface area (Å²) in [4.78, 5) is 12.1.